The molecule has 0 aliphatic carbocycles. The summed E-state index contributed by atoms with van der Waals surface area (Å²) in [5.41, 5.74) is -0.0150. The average molecular weight is 327 g/mol. The van der Waals surface area contributed by atoms with Gasteiger partial charge >= 0.3 is 11.4 Å². The molecule has 3 rings (SSSR count). The first-order valence-corrected chi connectivity index (χ1v) is 6.92. The average Bonchev–Trinajstić information content (AvgIpc) is 2.85. The van der Waals surface area contributed by atoms with Crippen LogP contribution in [0.1, 0.15) is 5.56 Å². The minimum Gasteiger partial charge on any atom is -0.408 e. The minimum absolute atomic E-state index is 0.0724. The van der Waals surface area contributed by atoms with Crippen LogP contribution in [0.25, 0.3) is 11.1 Å². The predicted octanol–water partition coefficient (Wildman–Crippen LogP) is 0.144. The molecule has 0 atom stereocenters. The first kappa shape index (κ1) is 15.4. The van der Waals surface area contributed by atoms with Crippen LogP contribution in [0.5, 0.6) is 0 Å². The SMILES string of the molecule is Cn1c(Nc2ccc3c(c2)oc(=O)n3C)c(C#N)c(=O)n(C)c1=O. The van der Waals surface area contributed by atoms with Crippen molar-refractivity contribution in [3.63, 3.8) is 0 Å². The summed E-state index contributed by atoms with van der Waals surface area (Å²) in [5.74, 6) is -0.427. The Morgan fingerprint density at radius 2 is 1.79 bits per heavy atom. The van der Waals surface area contributed by atoms with Gasteiger partial charge in [-0.2, -0.15) is 5.26 Å². The molecule has 122 valence electrons. The molecule has 0 amide bonds. The summed E-state index contributed by atoms with van der Waals surface area (Å²) in [6.07, 6.45) is 0. The Bertz CT molecular complexity index is 1190. The molecule has 0 bridgehead atoms. The van der Waals surface area contributed by atoms with Crippen LogP contribution in [0.15, 0.2) is 37.0 Å². The summed E-state index contributed by atoms with van der Waals surface area (Å²) in [6.45, 7) is 0. The number of benzene rings is 1. The van der Waals surface area contributed by atoms with Gasteiger partial charge in [-0.1, -0.05) is 0 Å². The van der Waals surface area contributed by atoms with E-state index in [1.165, 1.54) is 23.2 Å². The lowest BCUT2D eigenvalue weighted by Crippen LogP contribution is -2.39. The molecule has 1 N–H and O–H groups in total. The van der Waals surface area contributed by atoms with Crippen molar-refractivity contribution in [3.8, 4) is 6.07 Å². The number of nitrogens with one attached hydrogen (secondary N) is 1. The Kier molecular flexibility index (Phi) is 3.38. The fourth-order valence-corrected chi connectivity index (χ4v) is 2.44. The van der Waals surface area contributed by atoms with Crippen molar-refractivity contribution in [1.29, 1.82) is 5.26 Å². The normalized spacial score (nSPS) is 10.8. The van der Waals surface area contributed by atoms with Gasteiger partial charge in [0.05, 0.1) is 5.52 Å². The van der Waals surface area contributed by atoms with Gasteiger partial charge in [0.15, 0.2) is 11.1 Å². The zero-order valence-corrected chi connectivity index (χ0v) is 13.2. The maximum Gasteiger partial charge on any atom is 0.419 e. The molecule has 24 heavy (non-hydrogen) atoms. The molecule has 0 unspecified atom stereocenters. The fraction of sp³-hybridized carbons (Fsp3) is 0.200. The Morgan fingerprint density at radius 1 is 1.08 bits per heavy atom. The molecule has 0 saturated carbocycles. The standard InChI is InChI=1S/C15H13N5O4/c1-18-10-5-4-8(6-11(10)24-15(18)23)17-12-9(7-16)13(21)20(3)14(22)19(12)2/h4-6,17H,1-3H3. The van der Waals surface area contributed by atoms with Gasteiger partial charge in [-0.05, 0) is 12.1 Å². The summed E-state index contributed by atoms with van der Waals surface area (Å²) >= 11 is 0. The molecular weight excluding hydrogens is 314 g/mol. The lowest BCUT2D eigenvalue weighted by atomic mass is 10.2. The highest BCUT2D eigenvalue weighted by atomic mass is 16.4. The van der Waals surface area contributed by atoms with E-state index in [2.05, 4.69) is 5.32 Å². The molecule has 3 aromatic rings. The number of nitriles is 1. The first-order valence-electron chi connectivity index (χ1n) is 6.92. The number of rotatable bonds is 2. The first-order chi connectivity index (χ1) is 11.3. The summed E-state index contributed by atoms with van der Waals surface area (Å²) in [6, 6.07) is 6.68. The van der Waals surface area contributed by atoms with Gasteiger partial charge < -0.3 is 9.73 Å². The Labute approximate surface area is 134 Å². The number of hydrogen-bond donors (Lipinski definition) is 1. The quantitative estimate of drug-likeness (QED) is 0.716. The molecule has 2 aromatic heterocycles. The molecular formula is C15H13N5O4. The van der Waals surface area contributed by atoms with E-state index in [4.69, 9.17) is 4.42 Å². The number of fused-ring (bicyclic) bond motifs is 1. The summed E-state index contributed by atoms with van der Waals surface area (Å²) in [5, 5.41) is 12.1. The number of anilines is 2. The van der Waals surface area contributed by atoms with Crippen LogP contribution in [0.3, 0.4) is 0 Å². The summed E-state index contributed by atoms with van der Waals surface area (Å²) < 4.78 is 8.49. The molecule has 0 fully saturated rings. The second-order valence-corrected chi connectivity index (χ2v) is 5.28. The van der Waals surface area contributed by atoms with Crippen LogP contribution < -0.4 is 22.3 Å². The van der Waals surface area contributed by atoms with E-state index < -0.39 is 17.0 Å². The van der Waals surface area contributed by atoms with E-state index in [0.717, 1.165) is 4.57 Å². The molecule has 0 aliphatic heterocycles. The van der Waals surface area contributed by atoms with Crippen LogP contribution in [0, 0.1) is 11.3 Å². The molecule has 1 aromatic carbocycles. The summed E-state index contributed by atoms with van der Waals surface area (Å²) in [4.78, 5) is 35.6. The number of hydrogen-bond acceptors (Lipinski definition) is 6. The highest BCUT2D eigenvalue weighted by molar-refractivity contribution is 5.79. The van der Waals surface area contributed by atoms with Gasteiger partial charge in [-0.15, -0.1) is 0 Å². The topological polar surface area (TPSA) is 115 Å². The van der Waals surface area contributed by atoms with E-state index in [0.29, 0.717) is 16.8 Å². The highest BCUT2D eigenvalue weighted by Crippen LogP contribution is 2.21. The highest BCUT2D eigenvalue weighted by Gasteiger charge is 2.16. The summed E-state index contributed by atoms with van der Waals surface area (Å²) in [7, 11) is 4.34. The number of nitrogens with zero attached hydrogens (tertiary/aromatic N) is 4. The monoisotopic (exact) mass is 327 g/mol. The largest absolute Gasteiger partial charge is 0.419 e. The Morgan fingerprint density at radius 3 is 2.46 bits per heavy atom. The van der Waals surface area contributed by atoms with Crippen molar-refractivity contribution >= 4 is 22.6 Å². The molecule has 0 radical (unpaired) electrons. The molecule has 9 heteroatoms. The van der Waals surface area contributed by atoms with E-state index in [1.807, 2.05) is 6.07 Å². The zero-order valence-electron chi connectivity index (χ0n) is 13.2. The third-order valence-electron chi connectivity index (χ3n) is 3.83. The van der Waals surface area contributed by atoms with E-state index in [-0.39, 0.29) is 11.4 Å². The molecule has 9 nitrogen and oxygen atoms in total. The van der Waals surface area contributed by atoms with Crippen LogP contribution in [0.4, 0.5) is 11.5 Å². The van der Waals surface area contributed by atoms with Crippen molar-refractivity contribution in [2.45, 2.75) is 0 Å². The van der Waals surface area contributed by atoms with Crippen molar-refractivity contribution in [2.75, 3.05) is 5.32 Å². The molecule has 0 saturated heterocycles. The lowest BCUT2D eigenvalue weighted by Gasteiger charge is -2.13. The molecule has 0 spiro atoms. The van der Waals surface area contributed by atoms with Crippen molar-refractivity contribution in [2.24, 2.45) is 21.1 Å². The fourth-order valence-electron chi connectivity index (χ4n) is 2.44. The molecule has 2 heterocycles. The van der Waals surface area contributed by atoms with Crippen LogP contribution in [0.2, 0.25) is 0 Å². The van der Waals surface area contributed by atoms with Gasteiger partial charge in [0.1, 0.15) is 11.9 Å². The Balaban J connectivity index is 2.19. The van der Waals surface area contributed by atoms with Crippen molar-refractivity contribution in [3.05, 3.63) is 55.2 Å². The number of aromatic nitrogens is 3. The predicted molar refractivity (Wildman–Crippen MR) is 86.4 cm³/mol. The van der Waals surface area contributed by atoms with Gasteiger partial charge in [0.2, 0.25) is 0 Å². The second kappa shape index (κ2) is 5.27. The van der Waals surface area contributed by atoms with Gasteiger partial charge in [-0.25, -0.2) is 9.59 Å². The Hall–Kier alpha value is -3.54. The maximum absolute atomic E-state index is 12.1. The van der Waals surface area contributed by atoms with E-state index in [9.17, 15) is 19.6 Å². The van der Waals surface area contributed by atoms with Crippen LogP contribution in [-0.2, 0) is 21.1 Å². The van der Waals surface area contributed by atoms with Crippen molar-refractivity contribution < 1.29 is 4.42 Å². The maximum atomic E-state index is 12.1. The minimum atomic E-state index is -0.685. The zero-order chi connectivity index (χ0) is 17.6. The van der Waals surface area contributed by atoms with Gasteiger partial charge in [0, 0.05) is 32.9 Å². The smallest absolute Gasteiger partial charge is 0.408 e. The molecule has 0 aliphatic rings. The lowest BCUT2D eigenvalue weighted by molar-refractivity contribution is 0.528. The number of aryl methyl sites for hydroxylation is 1. The van der Waals surface area contributed by atoms with Gasteiger partial charge in [0.25, 0.3) is 5.56 Å². The third-order valence-corrected chi connectivity index (χ3v) is 3.83. The second-order valence-electron chi connectivity index (χ2n) is 5.28. The van der Waals surface area contributed by atoms with E-state index >= 15 is 0 Å². The third kappa shape index (κ3) is 2.13. The van der Waals surface area contributed by atoms with Crippen LogP contribution in [-0.4, -0.2) is 13.7 Å². The number of oxazole rings is 1. The van der Waals surface area contributed by atoms with E-state index in [1.54, 1.807) is 25.2 Å². The van der Waals surface area contributed by atoms with Crippen molar-refractivity contribution in [1.82, 2.24) is 13.7 Å². The van der Waals surface area contributed by atoms with Crippen LogP contribution >= 0.6 is 0 Å². The van der Waals surface area contributed by atoms with Gasteiger partial charge in [-0.3, -0.25) is 18.5 Å².